The molecule has 2 atom stereocenters. The quantitative estimate of drug-likeness (QED) is 0.865. The molecule has 0 radical (unpaired) electrons. The molecule has 0 amide bonds. The maximum Gasteiger partial charge on any atom is 0.153 e. The fourth-order valence-electron chi connectivity index (χ4n) is 2.10. The van der Waals surface area contributed by atoms with E-state index in [-0.39, 0.29) is 23.6 Å². The van der Waals surface area contributed by atoms with Crippen molar-refractivity contribution in [2.45, 2.75) is 19.0 Å². The van der Waals surface area contributed by atoms with Crippen molar-refractivity contribution in [3.05, 3.63) is 33.8 Å². The summed E-state index contributed by atoms with van der Waals surface area (Å²) in [6.07, 6.45) is 0. The van der Waals surface area contributed by atoms with Gasteiger partial charge in [-0.05, 0) is 30.7 Å². The zero-order chi connectivity index (χ0) is 12.6. The molecule has 0 saturated carbocycles. The summed E-state index contributed by atoms with van der Waals surface area (Å²) in [7, 11) is -3.02. The molecule has 6 heteroatoms. The van der Waals surface area contributed by atoms with Gasteiger partial charge >= 0.3 is 0 Å². The molecule has 0 aliphatic carbocycles. The summed E-state index contributed by atoms with van der Waals surface area (Å²) in [5.41, 5.74) is 0.745. The van der Waals surface area contributed by atoms with Crippen LogP contribution in [0.1, 0.15) is 18.5 Å². The van der Waals surface area contributed by atoms with Crippen molar-refractivity contribution in [1.82, 2.24) is 5.32 Å². The zero-order valence-corrected chi connectivity index (χ0v) is 11.6. The molecule has 0 spiro atoms. The summed E-state index contributed by atoms with van der Waals surface area (Å²) in [6, 6.07) is 4.74. The Labute approximate surface area is 111 Å². The molecule has 1 aliphatic rings. The highest BCUT2D eigenvalue weighted by atomic mass is 35.5. The fraction of sp³-hybridized carbons (Fsp3) is 0.455. The van der Waals surface area contributed by atoms with Crippen LogP contribution in [-0.2, 0) is 9.84 Å². The standard InChI is InChI=1S/C11H13Cl2NO2S/c1-7-5-17(15,16)6-11(14-7)9-4-8(12)2-3-10(9)13/h2-4,7,11,14H,5-6H2,1H3. The molecule has 1 aromatic carbocycles. The van der Waals surface area contributed by atoms with Crippen LogP contribution in [0.3, 0.4) is 0 Å². The highest BCUT2D eigenvalue weighted by Crippen LogP contribution is 2.29. The summed E-state index contributed by atoms with van der Waals surface area (Å²) in [4.78, 5) is 0. The monoisotopic (exact) mass is 293 g/mol. The second kappa shape index (κ2) is 4.76. The molecule has 3 nitrogen and oxygen atoms in total. The number of hydrogen-bond donors (Lipinski definition) is 1. The van der Waals surface area contributed by atoms with E-state index in [1.807, 2.05) is 6.92 Å². The number of nitrogens with one attached hydrogen (secondary N) is 1. The predicted molar refractivity (Wildman–Crippen MR) is 70.5 cm³/mol. The first-order valence-corrected chi connectivity index (χ1v) is 7.86. The first kappa shape index (κ1) is 13.1. The van der Waals surface area contributed by atoms with Gasteiger partial charge in [-0.25, -0.2) is 8.42 Å². The van der Waals surface area contributed by atoms with Crippen LogP contribution in [0.25, 0.3) is 0 Å². The molecule has 1 aliphatic heterocycles. The van der Waals surface area contributed by atoms with Crippen molar-refractivity contribution >= 4 is 33.0 Å². The molecule has 2 rings (SSSR count). The van der Waals surface area contributed by atoms with Crippen LogP contribution in [0.15, 0.2) is 18.2 Å². The molecule has 1 saturated heterocycles. The minimum Gasteiger partial charge on any atom is -0.305 e. The van der Waals surface area contributed by atoms with Gasteiger partial charge in [0, 0.05) is 22.1 Å². The van der Waals surface area contributed by atoms with Crippen LogP contribution < -0.4 is 5.32 Å². The lowest BCUT2D eigenvalue weighted by Gasteiger charge is -2.29. The molecule has 0 bridgehead atoms. The number of benzene rings is 1. The Kier molecular flexibility index (Phi) is 3.69. The van der Waals surface area contributed by atoms with Gasteiger partial charge in [0.05, 0.1) is 11.5 Å². The molecule has 1 aromatic rings. The minimum atomic E-state index is -3.02. The molecule has 0 aromatic heterocycles. The van der Waals surface area contributed by atoms with Crippen LogP contribution in [0.4, 0.5) is 0 Å². The Balaban J connectivity index is 2.36. The van der Waals surface area contributed by atoms with Crippen molar-refractivity contribution in [3.63, 3.8) is 0 Å². The molecular weight excluding hydrogens is 281 g/mol. The van der Waals surface area contributed by atoms with E-state index in [0.29, 0.717) is 10.0 Å². The van der Waals surface area contributed by atoms with Crippen molar-refractivity contribution in [2.75, 3.05) is 11.5 Å². The molecule has 17 heavy (non-hydrogen) atoms. The summed E-state index contributed by atoms with van der Waals surface area (Å²) in [5.74, 6) is 0.235. The normalized spacial score (nSPS) is 27.9. The van der Waals surface area contributed by atoms with Gasteiger partial charge in [0.15, 0.2) is 9.84 Å². The van der Waals surface area contributed by atoms with Gasteiger partial charge in [0.2, 0.25) is 0 Å². The van der Waals surface area contributed by atoms with Gasteiger partial charge in [0.25, 0.3) is 0 Å². The van der Waals surface area contributed by atoms with Gasteiger partial charge < -0.3 is 5.32 Å². The second-order valence-electron chi connectivity index (χ2n) is 4.36. The van der Waals surface area contributed by atoms with E-state index in [4.69, 9.17) is 23.2 Å². The van der Waals surface area contributed by atoms with E-state index in [1.54, 1.807) is 18.2 Å². The van der Waals surface area contributed by atoms with Crippen LogP contribution in [0, 0.1) is 0 Å². The van der Waals surface area contributed by atoms with Crippen molar-refractivity contribution < 1.29 is 8.42 Å². The third-order valence-corrected chi connectivity index (χ3v) is 5.17. The average Bonchev–Trinajstić information content (AvgIpc) is 2.18. The summed E-state index contributed by atoms with van der Waals surface area (Å²) < 4.78 is 23.4. The van der Waals surface area contributed by atoms with Gasteiger partial charge in [-0.15, -0.1) is 0 Å². The third-order valence-electron chi connectivity index (χ3n) is 2.74. The smallest absolute Gasteiger partial charge is 0.153 e. The van der Waals surface area contributed by atoms with Crippen molar-refractivity contribution in [3.8, 4) is 0 Å². The van der Waals surface area contributed by atoms with Crippen LogP contribution >= 0.6 is 23.2 Å². The van der Waals surface area contributed by atoms with E-state index in [0.717, 1.165) is 5.56 Å². The molecule has 1 fully saturated rings. The second-order valence-corrected chi connectivity index (χ2v) is 7.36. The Hall–Kier alpha value is -0.290. The lowest BCUT2D eigenvalue weighted by molar-refractivity contribution is 0.469. The topological polar surface area (TPSA) is 46.2 Å². The number of hydrogen-bond acceptors (Lipinski definition) is 3. The molecular formula is C11H13Cl2NO2S. The highest BCUT2D eigenvalue weighted by Gasteiger charge is 2.30. The lowest BCUT2D eigenvalue weighted by atomic mass is 10.1. The third kappa shape index (κ3) is 3.13. The number of sulfone groups is 1. The lowest BCUT2D eigenvalue weighted by Crippen LogP contribution is -2.45. The Morgan fingerprint density at radius 2 is 2.00 bits per heavy atom. The van der Waals surface area contributed by atoms with Crippen LogP contribution in [0.5, 0.6) is 0 Å². The number of rotatable bonds is 1. The largest absolute Gasteiger partial charge is 0.305 e. The van der Waals surface area contributed by atoms with Gasteiger partial charge in [-0.2, -0.15) is 0 Å². The van der Waals surface area contributed by atoms with Gasteiger partial charge in [-0.3, -0.25) is 0 Å². The van der Waals surface area contributed by atoms with Gasteiger partial charge in [-0.1, -0.05) is 23.2 Å². The summed E-state index contributed by atoms with van der Waals surface area (Å²) in [5, 5.41) is 4.33. The number of halogens is 2. The first-order chi connectivity index (χ1) is 7.87. The van der Waals surface area contributed by atoms with Gasteiger partial charge in [0.1, 0.15) is 0 Å². The predicted octanol–water partition coefficient (Wildman–Crippen LogP) is 2.44. The fourth-order valence-corrected chi connectivity index (χ4v) is 4.31. The van der Waals surface area contributed by atoms with E-state index in [2.05, 4.69) is 5.32 Å². The minimum absolute atomic E-state index is 0.0669. The van der Waals surface area contributed by atoms with Crippen LogP contribution in [0.2, 0.25) is 10.0 Å². The van der Waals surface area contributed by atoms with E-state index in [1.165, 1.54) is 0 Å². The summed E-state index contributed by atoms with van der Waals surface area (Å²) >= 11 is 12.0. The Bertz CT molecular complexity index is 530. The molecule has 1 heterocycles. The Morgan fingerprint density at radius 3 is 2.65 bits per heavy atom. The highest BCUT2D eigenvalue weighted by molar-refractivity contribution is 7.91. The van der Waals surface area contributed by atoms with Crippen LogP contribution in [-0.4, -0.2) is 26.0 Å². The molecule has 94 valence electrons. The zero-order valence-electron chi connectivity index (χ0n) is 9.28. The van der Waals surface area contributed by atoms with Crippen molar-refractivity contribution in [1.29, 1.82) is 0 Å². The maximum atomic E-state index is 11.7. The molecule has 2 unspecified atom stereocenters. The average molecular weight is 294 g/mol. The Morgan fingerprint density at radius 1 is 1.29 bits per heavy atom. The maximum absolute atomic E-state index is 11.7. The van der Waals surface area contributed by atoms with E-state index < -0.39 is 9.84 Å². The van der Waals surface area contributed by atoms with E-state index in [9.17, 15) is 8.42 Å². The van der Waals surface area contributed by atoms with E-state index >= 15 is 0 Å². The first-order valence-electron chi connectivity index (χ1n) is 5.29. The molecule has 1 N–H and O–H groups in total. The SMILES string of the molecule is CC1CS(=O)(=O)CC(c2cc(Cl)ccc2Cl)N1. The van der Waals surface area contributed by atoms with Crippen molar-refractivity contribution in [2.24, 2.45) is 0 Å². The summed E-state index contributed by atoms with van der Waals surface area (Å²) in [6.45, 7) is 1.85.